The Morgan fingerprint density at radius 3 is 2.50 bits per heavy atom. The van der Waals surface area contributed by atoms with Gasteiger partial charge in [0.2, 0.25) is 0 Å². The number of benzene rings is 2. The molecule has 3 heteroatoms. The second-order valence-corrected chi connectivity index (χ2v) is 4.92. The number of nitrogens with one attached hydrogen (secondary N) is 1. The van der Waals surface area contributed by atoms with Crippen molar-refractivity contribution in [2.75, 3.05) is 0 Å². The van der Waals surface area contributed by atoms with E-state index in [2.05, 4.69) is 36.2 Å². The number of nitrogens with two attached hydrogens (primary N) is 1. The van der Waals surface area contributed by atoms with Crippen molar-refractivity contribution in [1.82, 2.24) is 4.98 Å². The molecule has 0 unspecified atom stereocenters. The molecule has 20 heavy (non-hydrogen) atoms. The average Bonchev–Trinajstić information content (AvgIpc) is 2.85. The molecule has 0 saturated carbocycles. The van der Waals surface area contributed by atoms with Gasteiger partial charge in [-0.05, 0) is 41.3 Å². The predicted molar refractivity (Wildman–Crippen MR) is 81.0 cm³/mol. The smallest absolute Gasteiger partial charge is 0.123 e. The van der Waals surface area contributed by atoms with Crippen molar-refractivity contribution in [2.45, 2.75) is 19.9 Å². The van der Waals surface area contributed by atoms with Crippen LogP contribution in [0.3, 0.4) is 0 Å². The Morgan fingerprint density at radius 2 is 1.85 bits per heavy atom. The molecule has 0 bridgehead atoms. The van der Waals surface area contributed by atoms with Crippen molar-refractivity contribution >= 4 is 10.9 Å². The van der Waals surface area contributed by atoms with Gasteiger partial charge < -0.3 is 10.7 Å². The lowest BCUT2D eigenvalue weighted by Gasteiger charge is -2.04. The van der Waals surface area contributed by atoms with Crippen LogP contribution in [0.4, 0.5) is 4.39 Å². The number of halogens is 1. The molecule has 1 aromatic heterocycles. The predicted octanol–water partition coefficient (Wildman–Crippen LogP) is 4.00. The Balaban J connectivity index is 2.19. The monoisotopic (exact) mass is 268 g/mol. The SMILES string of the molecule is CCc1ccc(-c2[nH]c3ccc(F)cc3c2CN)cc1. The van der Waals surface area contributed by atoms with Crippen LogP contribution < -0.4 is 5.73 Å². The van der Waals surface area contributed by atoms with E-state index in [9.17, 15) is 4.39 Å². The van der Waals surface area contributed by atoms with Crippen LogP contribution in [0.2, 0.25) is 0 Å². The molecular weight excluding hydrogens is 251 g/mol. The zero-order chi connectivity index (χ0) is 14.1. The van der Waals surface area contributed by atoms with E-state index in [1.807, 2.05) is 0 Å². The third-order valence-corrected chi connectivity index (χ3v) is 3.72. The highest BCUT2D eigenvalue weighted by Crippen LogP contribution is 2.30. The fraction of sp³-hybridized carbons (Fsp3) is 0.176. The lowest BCUT2D eigenvalue weighted by molar-refractivity contribution is 0.629. The highest BCUT2D eigenvalue weighted by atomic mass is 19.1. The second kappa shape index (κ2) is 5.10. The van der Waals surface area contributed by atoms with Crippen molar-refractivity contribution in [3.63, 3.8) is 0 Å². The number of H-pyrrole nitrogens is 1. The van der Waals surface area contributed by atoms with E-state index in [0.29, 0.717) is 6.54 Å². The first-order valence-electron chi connectivity index (χ1n) is 6.82. The summed E-state index contributed by atoms with van der Waals surface area (Å²) < 4.78 is 13.4. The second-order valence-electron chi connectivity index (χ2n) is 4.92. The van der Waals surface area contributed by atoms with Crippen LogP contribution in [0, 0.1) is 5.82 Å². The van der Waals surface area contributed by atoms with Gasteiger partial charge in [0.1, 0.15) is 5.82 Å². The molecule has 0 amide bonds. The maximum Gasteiger partial charge on any atom is 0.123 e. The van der Waals surface area contributed by atoms with Gasteiger partial charge in [-0.2, -0.15) is 0 Å². The van der Waals surface area contributed by atoms with Crippen LogP contribution >= 0.6 is 0 Å². The van der Waals surface area contributed by atoms with Crippen molar-refractivity contribution in [3.05, 3.63) is 59.4 Å². The van der Waals surface area contributed by atoms with Gasteiger partial charge in [-0.25, -0.2) is 4.39 Å². The van der Waals surface area contributed by atoms with Gasteiger partial charge in [-0.1, -0.05) is 31.2 Å². The average molecular weight is 268 g/mol. The zero-order valence-corrected chi connectivity index (χ0v) is 11.4. The van der Waals surface area contributed by atoms with Crippen LogP contribution in [-0.4, -0.2) is 4.98 Å². The van der Waals surface area contributed by atoms with Gasteiger partial charge in [-0.3, -0.25) is 0 Å². The number of hydrogen-bond donors (Lipinski definition) is 2. The van der Waals surface area contributed by atoms with Crippen molar-refractivity contribution in [3.8, 4) is 11.3 Å². The van der Waals surface area contributed by atoms with E-state index in [0.717, 1.165) is 34.1 Å². The Labute approximate surface area is 117 Å². The lowest BCUT2D eigenvalue weighted by Crippen LogP contribution is -1.97. The van der Waals surface area contributed by atoms with Crippen LogP contribution in [0.5, 0.6) is 0 Å². The third-order valence-electron chi connectivity index (χ3n) is 3.72. The van der Waals surface area contributed by atoms with Gasteiger partial charge in [-0.15, -0.1) is 0 Å². The summed E-state index contributed by atoms with van der Waals surface area (Å²) in [5.74, 6) is -0.237. The van der Waals surface area contributed by atoms with E-state index in [1.54, 1.807) is 6.07 Å². The Morgan fingerprint density at radius 1 is 1.10 bits per heavy atom. The minimum absolute atomic E-state index is 0.237. The number of aromatic nitrogens is 1. The Kier molecular flexibility index (Phi) is 3.28. The van der Waals surface area contributed by atoms with E-state index >= 15 is 0 Å². The molecular formula is C17H17FN2. The highest BCUT2D eigenvalue weighted by molar-refractivity contribution is 5.90. The number of aromatic amines is 1. The normalized spacial score (nSPS) is 11.2. The first kappa shape index (κ1) is 12.9. The minimum Gasteiger partial charge on any atom is -0.354 e. The molecule has 0 aliphatic carbocycles. The molecule has 2 aromatic carbocycles. The molecule has 0 aliphatic rings. The van der Waals surface area contributed by atoms with E-state index in [-0.39, 0.29) is 5.82 Å². The molecule has 0 spiro atoms. The number of fused-ring (bicyclic) bond motifs is 1. The number of hydrogen-bond acceptors (Lipinski definition) is 1. The minimum atomic E-state index is -0.237. The molecule has 3 N–H and O–H groups in total. The Bertz CT molecular complexity index is 742. The molecule has 102 valence electrons. The van der Waals surface area contributed by atoms with Crippen LogP contribution in [-0.2, 0) is 13.0 Å². The van der Waals surface area contributed by atoms with Gasteiger partial charge in [0.15, 0.2) is 0 Å². The summed E-state index contributed by atoms with van der Waals surface area (Å²) in [6.07, 6.45) is 1.02. The first-order chi connectivity index (χ1) is 9.72. The summed E-state index contributed by atoms with van der Waals surface area (Å²) in [6.45, 7) is 2.51. The number of rotatable bonds is 3. The molecule has 0 aliphatic heterocycles. The molecule has 1 heterocycles. The summed E-state index contributed by atoms with van der Waals surface area (Å²) in [4.78, 5) is 3.35. The lowest BCUT2D eigenvalue weighted by atomic mass is 10.0. The highest BCUT2D eigenvalue weighted by Gasteiger charge is 2.12. The maximum atomic E-state index is 13.4. The van der Waals surface area contributed by atoms with Gasteiger partial charge in [0.25, 0.3) is 0 Å². The quantitative estimate of drug-likeness (QED) is 0.741. The van der Waals surface area contributed by atoms with Gasteiger partial charge >= 0.3 is 0 Å². The summed E-state index contributed by atoms with van der Waals surface area (Å²) >= 11 is 0. The largest absolute Gasteiger partial charge is 0.354 e. The van der Waals surface area contributed by atoms with E-state index in [4.69, 9.17) is 5.73 Å². The number of aryl methyl sites for hydroxylation is 1. The van der Waals surface area contributed by atoms with Crippen molar-refractivity contribution in [2.24, 2.45) is 5.73 Å². The van der Waals surface area contributed by atoms with Crippen molar-refractivity contribution < 1.29 is 4.39 Å². The Hall–Kier alpha value is -2.13. The summed E-state index contributed by atoms with van der Waals surface area (Å²) in [5.41, 5.74) is 11.1. The van der Waals surface area contributed by atoms with Gasteiger partial charge in [0.05, 0.1) is 5.69 Å². The van der Waals surface area contributed by atoms with E-state index in [1.165, 1.54) is 17.7 Å². The summed E-state index contributed by atoms with van der Waals surface area (Å²) in [6, 6.07) is 13.1. The summed E-state index contributed by atoms with van der Waals surface area (Å²) in [7, 11) is 0. The van der Waals surface area contributed by atoms with Crippen LogP contribution in [0.25, 0.3) is 22.2 Å². The van der Waals surface area contributed by atoms with Crippen molar-refractivity contribution in [1.29, 1.82) is 0 Å². The third kappa shape index (κ3) is 2.10. The van der Waals surface area contributed by atoms with Crippen LogP contribution in [0.15, 0.2) is 42.5 Å². The standard InChI is InChI=1S/C17H17FN2/c1-2-11-3-5-12(6-4-11)17-15(10-19)14-9-13(18)7-8-16(14)20-17/h3-9,20H,2,10,19H2,1H3. The molecule has 3 rings (SSSR count). The molecule has 0 atom stereocenters. The van der Waals surface area contributed by atoms with Gasteiger partial charge in [0, 0.05) is 17.4 Å². The molecule has 2 nitrogen and oxygen atoms in total. The van der Waals surface area contributed by atoms with E-state index < -0.39 is 0 Å². The summed E-state index contributed by atoms with van der Waals surface area (Å²) in [5, 5.41) is 0.863. The molecule has 3 aromatic rings. The fourth-order valence-electron chi connectivity index (χ4n) is 2.59. The molecule has 0 fully saturated rings. The molecule has 0 saturated heterocycles. The van der Waals surface area contributed by atoms with Crippen LogP contribution in [0.1, 0.15) is 18.1 Å². The maximum absolute atomic E-state index is 13.4. The zero-order valence-electron chi connectivity index (χ0n) is 11.4. The fourth-order valence-corrected chi connectivity index (χ4v) is 2.59. The molecule has 0 radical (unpaired) electrons. The topological polar surface area (TPSA) is 41.8 Å². The first-order valence-corrected chi connectivity index (χ1v) is 6.82.